The van der Waals surface area contributed by atoms with Crippen LogP contribution < -0.4 is 5.32 Å². The van der Waals surface area contributed by atoms with E-state index in [1.165, 1.54) is 16.7 Å². The van der Waals surface area contributed by atoms with Crippen LogP contribution in [0.1, 0.15) is 12.8 Å². The standard InChI is InChI=1S/C10H16N2O3S2/c13-9(14)8-5-17-6-12(8)10(15)11-7-1-3-16-4-2-7/h7-8H,1-6H2,(H,11,15)(H,13,14). The maximum atomic E-state index is 12.0. The van der Waals surface area contributed by atoms with Gasteiger partial charge in [-0.05, 0) is 24.3 Å². The Hall–Kier alpha value is -0.560. The van der Waals surface area contributed by atoms with Gasteiger partial charge in [0.25, 0.3) is 0 Å². The number of carbonyl (C=O) groups excluding carboxylic acids is 1. The van der Waals surface area contributed by atoms with Gasteiger partial charge in [0.1, 0.15) is 6.04 Å². The van der Waals surface area contributed by atoms with E-state index >= 15 is 0 Å². The fourth-order valence-electron chi connectivity index (χ4n) is 1.95. The Bertz CT molecular complexity index is 308. The summed E-state index contributed by atoms with van der Waals surface area (Å²) in [6, 6.07) is -0.680. The number of thioether (sulfide) groups is 2. The molecule has 0 spiro atoms. The van der Waals surface area contributed by atoms with Crippen molar-refractivity contribution in [1.82, 2.24) is 10.2 Å². The second kappa shape index (κ2) is 5.86. The molecule has 2 rings (SSSR count). The predicted octanol–water partition coefficient (Wildman–Crippen LogP) is 1.05. The van der Waals surface area contributed by atoms with Gasteiger partial charge >= 0.3 is 12.0 Å². The third-order valence-corrected chi connectivity index (χ3v) is 5.04. The van der Waals surface area contributed by atoms with Crippen LogP contribution in [0, 0.1) is 0 Å². The first kappa shape index (κ1) is 12.9. The Morgan fingerprint density at radius 1 is 1.24 bits per heavy atom. The number of hydrogen-bond donors (Lipinski definition) is 2. The summed E-state index contributed by atoms with van der Waals surface area (Å²) in [5.41, 5.74) is 0. The lowest BCUT2D eigenvalue weighted by molar-refractivity contribution is -0.140. The van der Waals surface area contributed by atoms with E-state index in [2.05, 4.69) is 5.32 Å². The number of carbonyl (C=O) groups is 2. The van der Waals surface area contributed by atoms with Crippen LogP contribution in [0.3, 0.4) is 0 Å². The molecule has 7 heteroatoms. The van der Waals surface area contributed by atoms with Crippen LogP contribution in [0.2, 0.25) is 0 Å². The summed E-state index contributed by atoms with van der Waals surface area (Å²) >= 11 is 3.39. The fraction of sp³-hybridized carbons (Fsp3) is 0.800. The van der Waals surface area contributed by atoms with Crippen molar-refractivity contribution in [2.24, 2.45) is 0 Å². The number of rotatable bonds is 2. The van der Waals surface area contributed by atoms with E-state index in [0.717, 1.165) is 24.3 Å². The minimum absolute atomic E-state index is 0.212. The molecule has 2 saturated heterocycles. The van der Waals surface area contributed by atoms with Crippen molar-refractivity contribution in [2.45, 2.75) is 24.9 Å². The van der Waals surface area contributed by atoms with Crippen LogP contribution in [0.25, 0.3) is 0 Å². The van der Waals surface area contributed by atoms with Crippen molar-refractivity contribution in [3.05, 3.63) is 0 Å². The smallest absolute Gasteiger partial charge is 0.327 e. The lowest BCUT2D eigenvalue weighted by Gasteiger charge is -2.27. The molecule has 96 valence electrons. The number of carboxylic acid groups (broad SMARTS) is 1. The van der Waals surface area contributed by atoms with Crippen LogP contribution in [0.4, 0.5) is 4.79 Å². The van der Waals surface area contributed by atoms with Gasteiger partial charge in [0.2, 0.25) is 0 Å². The minimum atomic E-state index is -0.913. The molecule has 2 aliphatic rings. The van der Waals surface area contributed by atoms with Crippen LogP contribution in [0.15, 0.2) is 0 Å². The second-order valence-electron chi connectivity index (χ2n) is 4.16. The lowest BCUT2D eigenvalue weighted by atomic mass is 10.1. The van der Waals surface area contributed by atoms with Gasteiger partial charge in [0, 0.05) is 11.8 Å². The summed E-state index contributed by atoms with van der Waals surface area (Å²) in [7, 11) is 0. The van der Waals surface area contributed by atoms with Crippen LogP contribution in [0.5, 0.6) is 0 Å². The van der Waals surface area contributed by atoms with E-state index in [4.69, 9.17) is 5.11 Å². The Morgan fingerprint density at radius 3 is 2.59 bits per heavy atom. The molecule has 0 aromatic carbocycles. The molecular weight excluding hydrogens is 260 g/mol. The first-order valence-electron chi connectivity index (χ1n) is 5.64. The number of hydrogen-bond acceptors (Lipinski definition) is 4. The van der Waals surface area contributed by atoms with Crippen LogP contribution in [-0.2, 0) is 4.79 Å². The molecule has 2 heterocycles. The lowest BCUT2D eigenvalue weighted by Crippen LogP contribution is -2.50. The Balaban J connectivity index is 1.88. The fourth-order valence-corrected chi connectivity index (χ4v) is 4.20. The van der Waals surface area contributed by atoms with Gasteiger partial charge in [-0.1, -0.05) is 0 Å². The van der Waals surface area contributed by atoms with Gasteiger partial charge in [-0.3, -0.25) is 0 Å². The zero-order valence-electron chi connectivity index (χ0n) is 9.42. The van der Waals surface area contributed by atoms with Crippen LogP contribution in [-0.4, -0.2) is 57.2 Å². The van der Waals surface area contributed by atoms with Gasteiger partial charge in [0.05, 0.1) is 5.88 Å². The van der Waals surface area contributed by atoms with Crippen LogP contribution >= 0.6 is 23.5 Å². The molecule has 0 bridgehead atoms. The summed E-state index contributed by atoms with van der Waals surface area (Å²) in [6.45, 7) is 0. The predicted molar refractivity (Wildman–Crippen MR) is 69.5 cm³/mol. The third kappa shape index (κ3) is 3.22. The molecule has 0 saturated carbocycles. The molecule has 2 amide bonds. The van der Waals surface area contributed by atoms with Gasteiger partial charge in [-0.15, -0.1) is 11.8 Å². The summed E-state index contributed by atoms with van der Waals surface area (Å²) < 4.78 is 0. The highest BCUT2D eigenvalue weighted by atomic mass is 32.2. The summed E-state index contributed by atoms with van der Waals surface area (Å²) in [4.78, 5) is 24.4. The molecule has 1 unspecified atom stereocenters. The Morgan fingerprint density at radius 2 is 1.94 bits per heavy atom. The zero-order chi connectivity index (χ0) is 12.3. The summed E-state index contributed by atoms with van der Waals surface area (Å²) in [6.07, 6.45) is 1.96. The topological polar surface area (TPSA) is 69.6 Å². The maximum Gasteiger partial charge on any atom is 0.327 e. The number of carboxylic acids is 1. The number of nitrogens with zero attached hydrogens (tertiary/aromatic N) is 1. The molecular formula is C10H16N2O3S2. The highest BCUT2D eigenvalue weighted by Crippen LogP contribution is 2.22. The van der Waals surface area contributed by atoms with E-state index in [0.29, 0.717) is 11.6 Å². The van der Waals surface area contributed by atoms with E-state index in [9.17, 15) is 9.59 Å². The highest BCUT2D eigenvalue weighted by molar-refractivity contribution is 7.99. The normalized spacial score (nSPS) is 25.9. The molecule has 0 aromatic heterocycles. The largest absolute Gasteiger partial charge is 0.480 e. The number of amides is 2. The molecule has 17 heavy (non-hydrogen) atoms. The van der Waals surface area contributed by atoms with Crippen molar-refractivity contribution in [3.63, 3.8) is 0 Å². The first-order valence-corrected chi connectivity index (χ1v) is 7.95. The molecule has 2 fully saturated rings. The van der Waals surface area contributed by atoms with Gasteiger partial charge < -0.3 is 15.3 Å². The van der Waals surface area contributed by atoms with E-state index < -0.39 is 12.0 Å². The summed E-state index contributed by atoms with van der Waals surface area (Å²) in [5, 5.41) is 11.9. The molecule has 0 radical (unpaired) electrons. The number of urea groups is 1. The van der Waals surface area contributed by atoms with Crippen molar-refractivity contribution < 1.29 is 14.7 Å². The van der Waals surface area contributed by atoms with Gasteiger partial charge in [-0.2, -0.15) is 11.8 Å². The van der Waals surface area contributed by atoms with E-state index in [-0.39, 0.29) is 12.1 Å². The second-order valence-corrected chi connectivity index (χ2v) is 6.38. The SMILES string of the molecule is O=C(O)C1CSCN1C(=O)NC1CCSCC1. The molecule has 0 aromatic rings. The quantitative estimate of drug-likeness (QED) is 0.789. The Labute approximate surface area is 109 Å². The van der Waals surface area contributed by atoms with Crippen molar-refractivity contribution in [3.8, 4) is 0 Å². The third-order valence-electron chi connectivity index (χ3n) is 2.98. The van der Waals surface area contributed by atoms with E-state index in [1.807, 2.05) is 11.8 Å². The Kier molecular flexibility index (Phi) is 4.44. The number of nitrogens with one attached hydrogen (secondary N) is 1. The summed E-state index contributed by atoms with van der Waals surface area (Å²) in [5.74, 6) is 2.20. The monoisotopic (exact) mass is 276 g/mol. The molecule has 2 aliphatic heterocycles. The molecule has 1 atom stereocenters. The molecule has 0 aliphatic carbocycles. The van der Waals surface area contributed by atoms with Gasteiger partial charge in [-0.25, -0.2) is 9.59 Å². The maximum absolute atomic E-state index is 12.0. The average molecular weight is 276 g/mol. The van der Waals surface area contributed by atoms with Crippen molar-refractivity contribution in [2.75, 3.05) is 23.1 Å². The number of aliphatic carboxylic acids is 1. The zero-order valence-corrected chi connectivity index (χ0v) is 11.1. The van der Waals surface area contributed by atoms with Gasteiger partial charge in [0.15, 0.2) is 0 Å². The highest BCUT2D eigenvalue weighted by Gasteiger charge is 2.35. The van der Waals surface area contributed by atoms with E-state index in [1.54, 1.807) is 0 Å². The van der Waals surface area contributed by atoms with Crippen molar-refractivity contribution in [1.29, 1.82) is 0 Å². The average Bonchev–Trinajstić information content (AvgIpc) is 2.79. The first-order chi connectivity index (χ1) is 8.18. The molecule has 5 nitrogen and oxygen atoms in total. The van der Waals surface area contributed by atoms with Crippen molar-refractivity contribution >= 4 is 35.5 Å². The minimum Gasteiger partial charge on any atom is -0.480 e. The molecule has 2 N–H and O–H groups in total.